The zero-order chi connectivity index (χ0) is 17.8. The van der Waals surface area contributed by atoms with Gasteiger partial charge >= 0.3 is 0 Å². The van der Waals surface area contributed by atoms with Crippen molar-refractivity contribution in [1.29, 1.82) is 0 Å². The number of aliphatic imine (C=N–C) groups is 1. The average molecular weight is 313 g/mol. The third-order valence-corrected chi connectivity index (χ3v) is 3.67. The van der Waals surface area contributed by atoms with Crippen LogP contribution in [0.4, 0.5) is 0 Å². The van der Waals surface area contributed by atoms with Crippen LogP contribution >= 0.6 is 0 Å². The van der Waals surface area contributed by atoms with Crippen molar-refractivity contribution in [1.82, 2.24) is 4.90 Å². The largest absolute Gasteiger partial charge is 0.368 e. The fraction of sp³-hybridized carbons (Fsp3) is 0.381. The van der Waals surface area contributed by atoms with Crippen LogP contribution in [0.3, 0.4) is 0 Å². The van der Waals surface area contributed by atoms with Gasteiger partial charge in [-0.25, -0.2) is 0 Å². The summed E-state index contributed by atoms with van der Waals surface area (Å²) in [6.07, 6.45) is 11.7. The Kier molecular flexibility index (Phi) is 10.4. The van der Waals surface area contributed by atoms with E-state index in [2.05, 4.69) is 50.2 Å². The first-order chi connectivity index (χ1) is 10.9. The topological polar surface area (TPSA) is 15.6 Å². The molecule has 0 aliphatic heterocycles. The lowest BCUT2D eigenvalue weighted by Crippen LogP contribution is -2.33. The van der Waals surface area contributed by atoms with Crippen molar-refractivity contribution in [3.05, 3.63) is 73.5 Å². The molecule has 0 aromatic rings. The van der Waals surface area contributed by atoms with Gasteiger partial charge in [0.2, 0.25) is 0 Å². The molecule has 0 N–H and O–H groups in total. The van der Waals surface area contributed by atoms with Gasteiger partial charge in [0.1, 0.15) is 0 Å². The standard InChI is InChI=1S/C21H32N2/c1-9-13-15-19(20(11-3)22-12-4)18(7)23(8)21(17(5)6)16-14-10-2/h9-11,13,15,21H,2-3,5,7,12,14,16H2,1,4,6,8H3/b13-9-,19-15-,22-20?. The van der Waals surface area contributed by atoms with Crippen molar-refractivity contribution in [2.75, 3.05) is 13.6 Å². The van der Waals surface area contributed by atoms with Crippen LogP contribution in [0.15, 0.2) is 78.5 Å². The van der Waals surface area contributed by atoms with Crippen LogP contribution < -0.4 is 0 Å². The van der Waals surface area contributed by atoms with Gasteiger partial charge in [0.15, 0.2) is 0 Å². The van der Waals surface area contributed by atoms with Gasteiger partial charge < -0.3 is 4.90 Å². The molecule has 0 radical (unpaired) electrons. The van der Waals surface area contributed by atoms with Crippen molar-refractivity contribution < 1.29 is 0 Å². The number of likely N-dealkylation sites (N-methyl/N-ethyl adjacent to an activating group) is 1. The maximum absolute atomic E-state index is 4.54. The highest BCUT2D eigenvalue weighted by atomic mass is 15.1. The van der Waals surface area contributed by atoms with Crippen molar-refractivity contribution in [2.45, 2.75) is 39.7 Å². The van der Waals surface area contributed by atoms with Crippen LogP contribution in [0.2, 0.25) is 0 Å². The summed E-state index contributed by atoms with van der Waals surface area (Å²) in [7, 11) is 2.06. The van der Waals surface area contributed by atoms with E-state index in [9.17, 15) is 0 Å². The molecule has 23 heavy (non-hydrogen) atoms. The van der Waals surface area contributed by atoms with Crippen LogP contribution in [-0.4, -0.2) is 30.2 Å². The monoisotopic (exact) mass is 312 g/mol. The first-order valence-corrected chi connectivity index (χ1v) is 8.13. The Balaban J connectivity index is 5.66. The lowest BCUT2D eigenvalue weighted by atomic mass is 9.99. The number of allylic oxidation sites excluding steroid dienone is 6. The van der Waals surface area contributed by atoms with E-state index in [1.54, 1.807) is 6.08 Å². The Morgan fingerprint density at radius 1 is 1.26 bits per heavy atom. The molecule has 0 rings (SSSR count). The van der Waals surface area contributed by atoms with Gasteiger partial charge in [-0.2, -0.15) is 0 Å². The Bertz CT molecular complexity index is 518. The second-order valence-corrected chi connectivity index (χ2v) is 5.46. The van der Waals surface area contributed by atoms with Crippen LogP contribution in [0.1, 0.15) is 33.6 Å². The predicted molar refractivity (Wildman–Crippen MR) is 106 cm³/mol. The predicted octanol–water partition coefficient (Wildman–Crippen LogP) is 5.49. The van der Waals surface area contributed by atoms with E-state index in [0.29, 0.717) is 6.54 Å². The molecule has 0 aromatic heterocycles. The van der Waals surface area contributed by atoms with Gasteiger partial charge in [0.05, 0.1) is 5.71 Å². The molecule has 2 nitrogen and oxygen atoms in total. The van der Waals surface area contributed by atoms with Crippen molar-refractivity contribution >= 4 is 5.71 Å². The lowest BCUT2D eigenvalue weighted by Gasteiger charge is -2.33. The van der Waals surface area contributed by atoms with Gasteiger partial charge in [-0.3, -0.25) is 4.99 Å². The minimum atomic E-state index is 0.224. The molecular formula is C21H32N2. The summed E-state index contributed by atoms with van der Waals surface area (Å²) in [5, 5.41) is 0. The Labute approximate surface area is 143 Å². The van der Waals surface area contributed by atoms with Crippen molar-refractivity contribution in [2.24, 2.45) is 4.99 Å². The molecule has 2 heteroatoms. The summed E-state index contributed by atoms with van der Waals surface area (Å²) in [6.45, 7) is 22.9. The molecule has 0 fully saturated rings. The van der Waals surface area contributed by atoms with Gasteiger partial charge in [0, 0.05) is 30.9 Å². The second-order valence-electron chi connectivity index (χ2n) is 5.46. The van der Waals surface area contributed by atoms with E-state index >= 15 is 0 Å². The van der Waals surface area contributed by atoms with Gasteiger partial charge in [-0.05, 0) is 39.7 Å². The second kappa shape index (κ2) is 11.5. The van der Waals surface area contributed by atoms with Crippen LogP contribution in [0.5, 0.6) is 0 Å². The van der Waals surface area contributed by atoms with Crippen LogP contribution in [0, 0.1) is 0 Å². The summed E-state index contributed by atoms with van der Waals surface area (Å²) in [5.74, 6) is 0. The molecule has 0 spiro atoms. The zero-order valence-electron chi connectivity index (χ0n) is 15.3. The first-order valence-electron chi connectivity index (χ1n) is 8.13. The van der Waals surface area contributed by atoms with Crippen LogP contribution in [0.25, 0.3) is 0 Å². The van der Waals surface area contributed by atoms with E-state index in [0.717, 1.165) is 35.4 Å². The normalized spacial score (nSPS) is 13.7. The summed E-state index contributed by atoms with van der Waals surface area (Å²) in [6, 6.07) is 0.224. The molecule has 0 heterocycles. The lowest BCUT2D eigenvalue weighted by molar-refractivity contribution is 0.334. The maximum atomic E-state index is 4.54. The highest BCUT2D eigenvalue weighted by Crippen LogP contribution is 2.23. The number of rotatable bonds is 11. The van der Waals surface area contributed by atoms with Crippen molar-refractivity contribution in [3.63, 3.8) is 0 Å². The minimum absolute atomic E-state index is 0.224. The SMILES string of the molecule is C=CCCC(C(=C)C)N(C)C(=C)/C(=C/C=C\C)C(C=C)=NCC. The Hall–Kier alpha value is -2.09. The van der Waals surface area contributed by atoms with E-state index in [1.807, 2.05) is 38.2 Å². The number of nitrogens with zero attached hydrogens (tertiary/aromatic N) is 2. The highest BCUT2D eigenvalue weighted by molar-refractivity contribution is 6.11. The van der Waals surface area contributed by atoms with E-state index < -0.39 is 0 Å². The number of hydrogen-bond acceptors (Lipinski definition) is 2. The Morgan fingerprint density at radius 2 is 1.91 bits per heavy atom. The molecule has 126 valence electrons. The quantitative estimate of drug-likeness (QED) is 0.280. The smallest absolute Gasteiger partial charge is 0.0661 e. The first kappa shape index (κ1) is 20.9. The molecule has 0 saturated heterocycles. The summed E-state index contributed by atoms with van der Waals surface area (Å²) < 4.78 is 0. The molecule has 0 aliphatic carbocycles. The van der Waals surface area contributed by atoms with Crippen LogP contribution in [-0.2, 0) is 0 Å². The van der Waals surface area contributed by atoms with Gasteiger partial charge in [-0.1, -0.05) is 49.6 Å². The van der Waals surface area contributed by atoms with E-state index in [4.69, 9.17) is 0 Å². The summed E-state index contributed by atoms with van der Waals surface area (Å²) in [5.41, 5.74) is 3.90. The number of hydrogen-bond donors (Lipinski definition) is 0. The maximum Gasteiger partial charge on any atom is 0.0661 e. The van der Waals surface area contributed by atoms with Gasteiger partial charge in [0.25, 0.3) is 0 Å². The fourth-order valence-corrected chi connectivity index (χ4v) is 2.38. The molecule has 0 saturated carbocycles. The molecule has 1 atom stereocenters. The fourth-order valence-electron chi connectivity index (χ4n) is 2.38. The van der Waals surface area contributed by atoms with E-state index in [1.165, 1.54) is 0 Å². The third-order valence-electron chi connectivity index (χ3n) is 3.67. The molecule has 0 amide bonds. The average Bonchev–Trinajstić information content (AvgIpc) is 2.53. The third kappa shape index (κ3) is 6.68. The van der Waals surface area contributed by atoms with Crippen molar-refractivity contribution in [3.8, 4) is 0 Å². The molecular weight excluding hydrogens is 280 g/mol. The minimum Gasteiger partial charge on any atom is -0.368 e. The summed E-state index contributed by atoms with van der Waals surface area (Å²) in [4.78, 5) is 6.71. The molecule has 0 aliphatic rings. The van der Waals surface area contributed by atoms with Gasteiger partial charge in [-0.15, -0.1) is 6.58 Å². The Morgan fingerprint density at radius 3 is 2.35 bits per heavy atom. The molecule has 0 bridgehead atoms. The summed E-state index contributed by atoms with van der Waals surface area (Å²) >= 11 is 0. The highest BCUT2D eigenvalue weighted by Gasteiger charge is 2.19. The molecule has 1 unspecified atom stereocenters. The zero-order valence-corrected chi connectivity index (χ0v) is 15.3. The molecule has 0 aromatic carbocycles. The van der Waals surface area contributed by atoms with E-state index in [-0.39, 0.29) is 6.04 Å².